The van der Waals surface area contributed by atoms with Crippen molar-refractivity contribution in [1.29, 1.82) is 0 Å². The smallest absolute Gasteiger partial charge is 0.295 e. The monoisotopic (exact) mass is 492 g/mol. The molecule has 2 aromatic carbocycles. The van der Waals surface area contributed by atoms with Gasteiger partial charge in [0.2, 0.25) is 0 Å². The normalized spacial score (nSPS) is 20.6. The van der Waals surface area contributed by atoms with Crippen molar-refractivity contribution in [3.63, 3.8) is 0 Å². The minimum atomic E-state index is -0.678. The fourth-order valence-corrected chi connectivity index (χ4v) is 4.78. The Morgan fingerprint density at radius 3 is 2.58 bits per heavy atom. The van der Waals surface area contributed by atoms with Crippen molar-refractivity contribution >= 4 is 17.4 Å². The molecule has 0 spiro atoms. The second kappa shape index (κ2) is 11.2. The number of nitrogens with zero attached hydrogens (tertiary/aromatic N) is 2. The number of likely N-dealkylation sites (tertiary alicyclic amines) is 1. The lowest BCUT2D eigenvalue weighted by Crippen LogP contribution is -2.35. The SMILES string of the molecule is CCCCCOc1ccc(C2/C(=C(\O)c3ccc4c(c3)CC(C)O4)C(=O)C(=O)N2CCN(C)C)cc1. The van der Waals surface area contributed by atoms with Gasteiger partial charge in [-0.25, -0.2) is 0 Å². The number of fused-ring (bicyclic) bond motifs is 1. The molecule has 0 aliphatic carbocycles. The quantitative estimate of drug-likeness (QED) is 0.227. The van der Waals surface area contributed by atoms with E-state index < -0.39 is 17.7 Å². The van der Waals surface area contributed by atoms with Crippen LogP contribution < -0.4 is 9.47 Å². The summed E-state index contributed by atoms with van der Waals surface area (Å²) in [5.41, 5.74) is 2.36. The summed E-state index contributed by atoms with van der Waals surface area (Å²) in [5.74, 6) is 0.111. The minimum absolute atomic E-state index is 0.0664. The molecule has 4 rings (SSSR count). The van der Waals surface area contributed by atoms with Crippen LogP contribution in [0.25, 0.3) is 5.76 Å². The van der Waals surface area contributed by atoms with E-state index in [0.29, 0.717) is 25.3 Å². The largest absolute Gasteiger partial charge is 0.507 e. The van der Waals surface area contributed by atoms with E-state index >= 15 is 0 Å². The average molecular weight is 493 g/mol. The van der Waals surface area contributed by atoms with Crippen LogP contribution in [0.2, 0.25) is 0 Å². The molecule has 0 bridgehead atoms. The molecule has 0 aromatic heterocycles. The third-order valence-electron chi connectivity index (χ3n) is 6.71. The van der Waals surface area contributed by atoms with Gasteiger partial charge in [0.25, 0.3) is 11.7 Å². The zero-order valence-electron chi connectivity index (χ0n) is 21.6. The van der Waals surface area contributed by atoms with Crippen molar-refractivity contribution in [1.82, 2.24) is 9.80 Å². The van der Waals surface area contributed by atoms with Gasteiger partial charge in [-0.05, 0) is 68.9 Å². The first-order chi connectivity index (χ1) is 17.3. The van der Waals surface area contributed by atoms with Gasteiger partial charge in [-0.3, -0.25) is 9.59 Å². The number of hydrogen-bond donors (Lipinski definition) is 1. The number of hydrogen-bond acceptors (Lipinski definition) is 6. The van der Waals surface area contributed by atoms with Crippen LogP contribution in [0.1, 0.15) is 55.8 Å². The number of aliphatic hydroxyl groups excluding tert-OH is 1. The molecule has 2 unspecified atom stereocenters. The summed E-state index contributed by atoms with van der Waals surface area (Å²) in [5, 5.41) is 11.4. The second-order valence-electron chi connectivity index (χ2n) is 9.88. The van der Waals surface area contributed by atoms with Gasteiger partial charge in [-0.1, -0.05) is 31.9 Å². The number of ether oxygens (including phenoxy) is 2. The zero-order chi connectivity index (χ0) is 25.8. The molecule has 1 amide bonds. The Hall–Kier alpha value is -3.32. The van der Waals surface area contributed by atoms with Crippen molar-refractivity contribution in [2.24, 2.45) is 0 Å². The summed E-state index contributed by atoms with van der Waals surface area (Å²) in [4.78, 5) is 29.9. The third-order valence-corrected chi connectivity index (χ3v) is 6.71. The van der Waals surface area contributed by atoms with Gasteiger partial charge in [-0.2, -0.15) is 0 Å². The number of unbranched alkanes of at least 4 members (excludes halogenated alkanes) is 2. The fourth-order valence-electron chi connectivity index (χ4n) is 4.78. The molecule has 1 N–H and O–H groups in total. The van der Waals surface area contributed by atoms with Crippen LogP contribution in [0, 0.1) is 0 Å². The first-order valence-corrected chi connectivity index (χ1v) is 12.8. The highest BCUT2D eigenvalue weighted by molar-refractivity contribution is 6.46. The first kappa shape index (κ1) is 25.8. The molecule has 0 radical (unpaired) electrons. The van der Waals surface area contributed by atoms with E-state index in [9.17, 15) is 14.7 Å². The summed E-state index contributed by atoms with van der Waals surface area (Å²) < 4.78 is 11.6. The standard InChI is InChI=1S/C29H36N2O5/c1-5-6-7-16-35-23-11-8-20(9-12-23)26-25(28(33)29(34)31(26)15-14-30(3)4)27(32)21-10-13-24-22(18-21)17-19(2)36-24/h8-13,18-19,26,32H,5-7,14-17H2,1-4H3/b27-25+. The zero-order valence-corrected chi connectivity index (χ0v) is 21.6. The number of likely N-dealkylation sites (N-methyl/N-ethyl adjacent to an activating group) is 1. The summed E-state index contributed by atoms with van der Waals surface area (Å²) in [6, 6.07) is 12.2. The van der Waals surface area contributed by atoms with Crippen molar-refractivity contribution in [2.75, 3.05) is 33.8 Å². The number of aliphatic hydroxyl groups is 1. The highest BCUT2D eigenvalue weighted by Gasteiger charge is 2.46. The van der Waals surface area contributed by atoms with Gasteiger partial charge < -0.3 is 24.4 Å². The van der Waals surface area contributed by atoms with Crippen molar-refractivity contribution in [3.05, 3.63) is 64.7 Å². The molecule has 1 saturated heterocycles. The van der Waals surface area contributed by atoms with Crippen LogP contribution in [-0.4, -0.2) is 66.5 Å². The molecule has 7 nitrogen and oxygen atoms in total. The summed E-state index contributed by atoms with van der Waals surface area (Å²) in [6.07, 6.45) is 4.04. The highest BCUT2D eigenvalue weighted by Crippen LogP contribution is 2.40. The number of amides is 1. The van der Waals surface area contributed by atoms with Crippen LogP contribution >= 0.6 is 0 Å². The Kier molecular flexibility index (Phi) is 7.99. The molecule has 7 heteroatoms. The fraction of sp³-hybridized carbons (Fsp3) is 0.448. The number of Topliss-reactive ketones (excluding diaryl/α,β-unsaturated/α-hetero) is 1. The maximum absolute atomic E-state index is 13.2. The Morgan fingerprint density at radius 2 is 1.89 bits per heavy atom. The number of carbonyl (C=O) groups is 2. The maximum atomic E-state index is 13.2. The minimum Gasteiger partial charge on any atom is -0.507 e. The van der Waals surface area contributed by atoms with E-state index in [1.165, 1.54) is 0 Å². The van der Waals surface area contributed by atoms with Crippen molar-refractivity contribution in [3.8, 4) is 11.5 Å². The first-order valence-electron chi connectivity index (χ1n) is 12.8. The Balaban J connectivity index is 1.69. The predicted octanol–water partition coefficient (Wildman–Crippen LogP) is 4.56. The van der Waals surface area contributed by atoms with Gasteiger partial charge in [0.15, 0.2) is 0 Å². The van der Waals surface area contributed by atoms with Gasteiger partial charge in [0, 0.05) is 25.1 Å². The van der Waals surface area contributed by atoms with Gasteiger partial charge in [0.1, 0.15) is 23.4 Å². The van der Waals surface area contributed by atoms with E-state index in [-0.39, 0.29) is 17.4 Å². The molecule has 192 valence electrons. The second-order valence-corrected chi connectivity index (χ2v) is 9.88. The molecule has 2 aliphatic rings. The lowest BCUT2D eigenvalue weighted by Gasteiger charge is -2.26. The molecular weight excluding hydrogens is 456 g/mol. The molecule has 2 aromatic rings. The summed E-state index contributed by atoms with van der Waals surface area (Å²) in [6.45, 7) is 5.75. The van der Waals surface area contributed by atoms with Crippen LogP contribution in [-0.2, 0) is 16.0 Å². The number of rotatable bonds is 10. The summed E-state index contributed by atoms with van der Waals surface area (Å²) in [7, 11) is 3.84. The average Bonchev–Trinajstić information content (AvgIpc) is 3.35. The Morgan fingerprint density at radius 1 is 1.14 bits per heavy atom. The van der Waals surface area contributed by atoms with E-state index in [4.69, 9.17) is 9.47 Å². The van der Waals surface area contributed by atoms with Gasteiger partial charge >= 0.3 is 0 Å². The lowest BCUT2D eigenvalue weighted by molar-refractivity contribution is -0.140. The van der Waals surface area contributed by atoms with Crippen LogP contribution in [0.4, 0.5) is 0 Å². The molecular formula is C29H36N2O5. The maximum Gasteiger partial charge on any atom is 0.295 e. The van der Waals surface area contributed by atoms with Crippen LogP contribution in [0.15, 0.2) is 48.0 Å². The Labute approximate surface area is 213 Å². The molecule has 1 fully saturated rings. The van der Waals surface area contributed by atoms with E-state index in [2.05, 4.69) is 6.92 Å². The molecule has 36 heavy (non-hydrogen) atoms. The number of carbonyl (C=O) groups excluding carboxylic acids is 2. The molecule has 2 atom stereocenters. The molecule has 2 heterocycles. The lowest BCUT2D eigenvalue weighted by atomic mass is 9.94. The van der Waals surface area contributed by atoms with Gasteiger partial charge in [-0.15, -0.1) is 0 Å². The van der Waals surface area contributed by atoms with Crippen molar-refractivity contribution in [2.45, 2.75) is 51.7 Å². The van der Waals surface area contributed by atoms with Gasteiger partial charge in [0.05, 0.1) is 18.2 Å². The van der Waals surface area contributed by atoms with Crippen LogP contribution in [0.5, 0.6) is 11.5 Å². The highest BCUT2D eigenvalue weighted by atomic mass is 16.5. The topological polar surface area (TPSA) is 79.3 Å². The predicted molar refractivity (Wildman–Crippen MR) is 139 cm³/mol. The Bertz CT molecular complexity index is 1140. The van der Waals surface area contributed by atoms with E-state index in [0.717, 1.165) is 48.3 Å². The third kappa shape index (κ3) is 5.41. The molecule has 2 aliphatic heterocycles. The van der Waals surface area contributed by atoms with Crippen molar-refractivity contribution < 1.29 is 24.2 Å². The van der Waals surface area contributed by atoms with E-state index in [1.54, 1.807) is 11.0 Å². The number of ketones is 1. The van der Waals surface area contributed by atoms with Crippen LogP contribution in [0.3, 0.4) is 0 Å². The van der Waals surface area contributed by atoms with E-state index in [1.807, 2.05) is 62.3 Å². The number of benzene rings is 2. The summed E-state index contributed by atoms with van der Waals surface area (Å²) >= 11 is 0. The molecule has 0 saturated carbocycles.